The van der Waals surface area contributed by atoms with Gasteiger partial charge in [0.15, 0.2) is 0 Å². The predicted molar refractivity (Wildman–Crippen MR) is 61.2 cm³/mol. The van der Waals surface area contributed by atoms with Crippen LogP contribution < -0.4 is 10.1 Å². The van der Waals surface area contributed by atoms with Crippen LogP contribution in [0.4, 0.5) is 13.2 Å². The monoisotopic (exact) mass is 263 g/mol. The van der Waals surface area contributed by atoms with Gasteiger partial charge >= 0.3 is 6.36 Å². The van der Waals surface area contributed by atoms with E-state index >= 15 is 0 Å². The summed E-state index contributed by atoms with van der Waals surface area (Å²) in [4.78, 5) is 0. The van der Waals surface area contributed by atoms with Crippen molar-refractivity contribution in [2.75, 3.05) is 13.7 Å². The van der Waals surface area contributed by atoms with Crippen LogP contribution in [0.5, 0.6) is 5.75 Å². The van der Waals surface area contributed by atoms with E-state index in [-0.39, 0.29) is 12.4 Å². The highest BCUT2D eigenvalue weighted by atomic mass is 19.4. The van der Waals surface area contributed by atoms with Crippen molar-refractivity contribution in [1.29, 1.82) is 0 Å². The van der Waals surface area contributed by atoms with Crippen molar-refractivity contribution in [2.24, 2.45) is 0 Å². The summed E-state index contributed by atoms with van der Waals surface area (Å²) in [7, 11) is 1.73. The molecule has 6 heteroatoms. The molecular weight excluding hydrogens is 247 g/mol. The molecule has 0 aromatic heterocycles. The van der Waals surface area contributed by atoms with E-state index in [1.54, 1.807) is 19.2 Å². The first-order chi connectivity index (χ1) is 8.30. The third-order valence-electron chi connectivity index (χ3n) is 2.89. The second-order valence-electron chi connectivity index (χ2n) is 4.13. The van der Waals surface area contributed by atoms with Gasteiger partial charge in [-0.25, -0.2) is 0 Å². The fraction of sp³-hybridized carbons (Fsp3) is 0.500. The SMILES string of the molecule is CNC(C)(CCO)c1ccc(OC(F)(F)F)cc1. The molecule has 0 amide bonds. The molecule has 1 aromatic carbocycles. The summed E-state index contributed by atoms with van der Waals surface area (Å²) in [5, 5.41) is 12.0. The Hall–Kier alpha value is -1.27. The van der Waals surface area contributed by atoms with E-state index in [9.17, 15) is 13.2 Å². The number of benzene rings is 1. The summed E-state index contributed by atoms with van der Waals surface area (Å²) in [6, 6.07) is 5.62. The molecule has 1 rings (SSSR count). The average molecular weight is 263 g/mol. The fourth-order valence-electron chi connectivity index (χ4n) is 1.66. The molecule has 0 spiro atoms. The Labute approximate surface area is 104 Å². The summed E-state index contributed by atoms with van der Waals surface area (Å²) in [6.45, 7) is 1.85. The smallest absolute Gasteiger partial charge is 0.406 e. The van der Waals surface area contributed by atoms with Crippen LogP contribution in [0.3, 0.4) is 0 Å². The first-order valence-corrected chi connectivity index (χ1v) is 5.47. The van der Waals surface area contributed by atoms with E-state index in [0.29, 0.717) is 6.42 Å². The Bertz CT molecular complexity index is 378. The maximum atomic E-state index is 12.0. The van der Waals surface area contributed by atoms with Crippen molar-refractivity contribution >= 4 is 0 Å². The van der Waals surface area contributed by atoms with Gasteiger partial charge in [-0.2, -0.15) is 0 Å². The van der Waals surface area contributed by atoms with Crippen LogP contribution in [-0.2, 0) is 5.54 Å². The molecular formula is C12H16F3NO2. The van der Waals surface area contributed by atoms with E-state index < -0.39 is 11.9 Å². The lowest BCUT2D eigenvalue weighted by Crippen LogP contribution is -2.37. The number of aliphatic hydroxyl groups is 1. The highest BCUT2D eigenvalue weighted by Gasteiger charge is 2.31. The molecule has 0 heterocycles. The minimum absolute atomic E-state index is 0.0157. The van der Waals surface area contributed by atoms with Gasteiger partial charge in [-0.3, -0.25) is 0 Å². The van der Waals surface area contributed by atoms with Crippen molar-refractivity contribution < 1.29 is 23.0 Å². The van der Waals surface area contributed by atoms with E-state index in [1.165, 1.54) is 12.1 Å². The summed E-state index contributed by atoms with van der Waals surface area (Å²) < 4.78 is 39.8. The quantitative estimate of drug-likeness (QED) is 0.857. The van der Waals surface area contributed by atoms with E-state index in [0.717, 1.165) is 5.56 Å². The zero-order valence-electron chi connectivity index (χ0n) is 10.2. The summed E-state index contributed by atoms with van der Waals surface area (Å²) >= 11 is 0. The Morgan fingerprint density at radius 3 is 2.17 bits per heavy atom. The lowest BCUT2D eigenvalue weighted by Gasteiger charge is -2.29. The lowest BCUT2D eigenvalue weighted by molar-refractivity contribution is -0.274. The molecule has 0 aliphatic heterocycles. The highest BCUT2D eigenvalue weighted by molar-refractivity contribution is 5.31. The van der Waals surface area contributed by atoms with Crippen LogP contribution in [0, 0.1) is 0 Å². The van der Waals surface area contributed by atoms with Gasteiger partial charge in [-0.05, 0) is 38.1 Å². The highest BCUT2D eigenvalue weighted by Crippen LogP contribution is 2.28. The molecule has 3 nitrogen and oxygen atoms in total. The van der Waals surface area contributed by atoms with Gasteiger partial charge in [-0.1, -0.05) is 12.1 Å². The van der Waals surface area contributed by atoms with Crippen molar-refractivity contribution in [3.8, 4) is 5.75 Å². The Kier molecular flexibility index (Phi) is 4.59. The first kappa shape index (κ1) is 14.8. The van der Waals surface area contributed by atoms with Gasteiger partial charge in [0.25, 0.3) is 0 Å². The molecule has 0 radical (unpaired) electrons. The van der Waals surface area contributed by atoms with Gasteiger partial charge in [0.1, 0.15) is 5.75 Å². The van der Waals surface area contributed by atoms with Crippen LogP contribution in [0.15, 0.2) is 24.3 Å². The van der Waals surface area contributed by atoms with Gasteiger partial charge < -0.3 is 15.2 Å². The molecule has 102 valence electrons. The van der Waals surface area contributed by atoms with Gasteiger partial charge in [0.05, 0.1) is 0 Å². The van der Waals surface area contributed by atoms with Gasteiger partial charge in [-0.15, -0.1) is 13.2 Å². The van der Waals surface area contributed by atoms with Crippen molar-refractivity contribution in [1.82, 2.24) is 5.32 Å². The van der Waals surface area contributed by atoms with Crippen LogP contribution >= 0.6 is 0 Å². The maximum Gasteiger partial charge on any atom is 0.573 e. The number of hydrogen-bond acceptors (Lipinski definition) is 3. The van der Waals surface area contributed by atoms with Gasteiger partial charge in [0, 0.05) is 12.1 Å². The van der Waals surface area contributed by atoms with Crippen molar-refractivity contribution in [3.05, 3.63) is 29.8 Å². The number of halogens is 3. The van der Waals surface area contributed by atoms with Crippen molar-refractivity contribution in [2.45, 2.75) is 25.2 Å². The zero-order chi connectivity index (χ0) is 13.8. The largest absolute Gasteiger partial charge is 0.573 e. The fourth-order valence-corrected chi connectivity index (χ4v) is 1.66. The molecule has 0 bridgehead atoms. The minimum Gasteiger partial charge on any atom is -0.406 e. The van der Waals surface area contributed by atoms with Crippen LogP contribution in [0.25, 0.3) is 0 Å². The number of ether oxygens (including phenoxy) is 1. The summed E-state index contributed by atoms with van der Waals surface area (Å²) in [6.07, 6.45) is -4.22. The van der Waals surface area contributed by atoms with Crippen LogP contribution in [0.1, 0.15) is 18.9 Å². The molecule has 1 aromatic rings. The zero-order valence-corrected chi connectivity index (χ0v) is 10.2. The van der Waals surface area contributed by atoms with E-state index in [2.05, 4.69) is 10.1 Å². The number of hydrogen-bond donors (Lipinski definition) is 2. The molecule has 0 fully saturated rings. The second kappa shape index (κ2) is 5.58. The minimum atomic E-state index is -4.68. The van der Waals surface area contributed by atoms with Crippen LogP contribution in [0.2, 0.25) is 0 Å². The topological polar surface area (TPSA) is 41.5 Å². The van der Waals surface area contributed by atoms with Crippen LogP contribution in [-0.4, -0.2) is 25.1 Å². The molecule has 0 aliphatic rings. The normalized spacial score (nSPS) is 15.2. The molecule has 0 saturated heterocycles. The second-order valence-corrected chi connectivity index (χ2v) is 4.13. The number of rotatable bonds is 5. The molecule has 18 heavy (non-hydrogen) atoms. The average Bonchev–Trinajstić information content (AvgIpc) is 2.28. The number of aliphatic hydroxyl groups excluding tert-OH is 1. The lowest BCUT2D eigenvalue weighted by atomic mass is 9.89. The Morgan fingerprint density at radius 2 is 1.78 bits per heavy atom. The maximum absolute atomic E-state index is 12.0. The molecule has 2 N–H and O–H groups in total. The molecule has 1 atom stereocenters. The summed E-state index contributed by atoms with van der Waals surface area (Å²) in [5.41, 5.74) is 0.305. The third-order valence-corrected chi connectivity index (χ3v) is 2.89. The Balaban J connectivity index is 2.87. The van der Waals surface area contributed by atoms with Gasteiger partial charge in [0.2, 0.25) is 0 Å². The summed E-state index contributed by atoms with van der Waals surface area (Å²) in [5.74, 6) is -0.256. The van der Waals surface area contributed by atoms with E-state index in [1.807, 2.05) is 6.92 Å². The standard InChI is InChI=1S/C12H16F3NO2/c1-11(16-2,7-8-17)9-3-5-10(6-4-9)18-12(13,14)15/h3-6,16-17H,7-8H2,1-2H3. The predicted octanol–water partition coefficient (Wildman–Crippen LogP) is 2.40. The van der Waals surface area contributed by atoms with E-state index in [4.69, 9.17) is 5.11 Å². The molecule has 1 unspecified atom stereocenters. The third kappa shape index (κ3) is 3.89. The van der Waals surface area contributed by atoms with Crippen molar-refractivity contribution in [3.63, 3.8) is 0 Å². The number of nitrogens with one attached hydrogen (secondary N) is 1. The Morgan fingerprint density at radius 1 is 1.22 bits per heavy atom. The molecule has 0 saturated carbocycles. The first-order valence-electron chi connectivity index (χ1n) is 5.47. The number of alkyl halides is 3. The molecule has 0 aliphatic carbocycles.